The van der Waals surface area contributed by atoms with Gasteiger partial charge in [0.15, 0.2) is 0 Å². The van der Waals surface area contributed by atoms with Gasteiger partial charge in [-0.2, -0.15) is 0 Å². The predicted octanol–water partition coefficient (Wildman–Crippen LogP) is 1.86. The summed E-state index contributed by atoms with van der Waals surface area (Å²) in [5, 5.41) is 0. The van der Waals surface area contributed by atoms with Crippen molar-refractivity contribution in [3.63, 3.8) is 0 Å². The molecule has 2 N–H and O–H groups in total. The minimum absolute atomic E-state index is 0.0585. The van der Waals surface area contributed by atoms with Crippen molar-refractivity contribution in [3.05, 3.63) is 28.2 Å². The van der Waals surface area contributed by atoms with Crippen LogP contribution >= 0.6 is 15.9 Å². The largest absolute Gasteiger partial charge is 0.490 e. The molecule has 4 heteroatoms. The average molecular weight is 258 g/mol. The highest BCUT2D eigenvalue weighted by Gasteiger charge is 2.27. The van der Waals surface area contributed by atoms with Gasteiger partial charge in [0.1, 0.15) is 18.5 Å². The zero-order valence-corrected chi connectivity index (χ0v) is 9.45. The quantitative estimate of drug-likeness (QED) is 0.836. The molecular formula is C10H12BrNO2. The van der Waals surface area contributed by atoms with Crippen LogP contribution in [0.25, 0.3) is 0 Å². The van der Waals surface area contributed by atoms with Crippen LogP contribution in [0.5, 0.6) is 5.75 Å². The first-order chi connectivity index (χ1) is 6.72. The van der Waals surface area contributed by atoms with Gasteiger partial charge >= 0.3 is 0 Å². The molecule has 1 aromatic rings. The zero-order chi connectivity index (χ0) is 10.1. The standard InChI is InChI=1S/C10H12BrNO2/c1-13-9-5-14-8-3-2-6(11)4-7(8)10(9)12/h2-4,9-10H,5,12H2,1H3. The summed E-state index contributed by atoms with van der Waals surface area (Å²) in [7, 11) is 1.65. The van der Waals surface area contributed by atoms with Gasteiger partial charge in [-0.25, -0.2) is 0 Å². The molecule has 2 atom stereocenters. The molecule has 0 aliphatic carbocycles. The van der Waals surface area contributed by atoms with E-state index in [4.69, 9.17) is 15.2 Å². The van der Waals surface area contributed by atoms with Gasteiger partial charge in [-0.05, 0) is 18.2 Å². The van der Waals surface area contributed by atoms with Crippen LogP contribution in [0, 0.1) is 0 Å². The van der Waals surface area contributed by atoms with Crippen LogP contribution in [0.1, 0.15) is 11.6 Å². The number of methoxy groups -OCH3 is 1. The van der Waals surface area contributed by atoms with Gasteiger partial charge in [-0.1, -0.05) is 15.9 Å². The van der Waals surface area contributed by atoms with Crippen LogP contribution < -0.4 is 10.5 Å². The van der Waals surface area contributed by atoms with Crippen LogP contribution in [0.3, 0.4) is 0 Å². The van der Waals surface area contributed by atoms with Crippen molar-refractivity contribution in [2.45, 2.75) is 12.1 Å². The number of hydrogen-bond donors (Lipinski definition) is 1. The fraction of sp³-hybridized carbons (Fsp3) is 0.400. The second-order valence-electron chi connectivity index (χ2n) is 3.29. The molecule has 2 rings (SSSR count). The maximum absolute atomic E-state index is 6.04. The summed E-state index contributed by atoms with van der Waals surface area (Å²) in [4.78, 5) is 0. The van der Waals surface area contributed by atoms with Crippen molar-refractivity contribution < 1.29 is 9.47 Å². The van der Waals surface area contributed by atoms with Gasteiger partial charge in [-0.15, -0.1) is 0 Å². The molecule has 2 unspecified atom stereocenters. The van der Waals surface area contributed by atoms with Crippen LogP contribution in [-0.2, 0) is 4.74 Å². The van der Waals surface area contributed by atoms with Gasteiger partial charge in [0.05, 0.1) is 6.04 Å². The van der Waals surface area contributed by atoms with Crippen molar-refractivity contribution in [2.24, 2.45) is 5.73 Å². The van der Waals surface area contributed by atoms with Crippen molar-refractivity contribution >= 4 is 15.9 Å². The van der Waals surface area contributed by atoms with Gasteiger partial charge < -0.3 is 15.2 Å². The Kier molecular flexibility index (Phi) is 2.76. The third-order valence-corrected chi connectivity index (χ3v) is 2.93. The minimum Gasteiger partial charge on any atom is -0.490 e. The molecule has 14 heavy (non-hydrogen) atoms. The molecule has 0 saturated carbocycles. The number of rotatable bonds is 1. The Bertz CT molecular complexity index is 343. The van der Waals surface area contributed by atoms with Gasteiger partial charge in [0.2, 0.25) is 0 Å². The molecule has 1 aromatic carbocycles. The monoisotopic (exact) mass is 257 g/mol. The highest BCUT2D eigenvalue weighted by Crippen LogP contribution is 2.33. The van der Waals surface area contributed by atoms with E-state index in [1.54, 1.807) is 7.11 Å². The summed E-state index contributed by atoms with van der Waals surface area (Å²) in [6.07, 6.45) is -0.0585. The van der Waals surface area contributed by atoms with E-state index in [9.17, 15) is 0 Å². The van der Waals surface area contributed by atoms with Crippen molar-refractivity contribution in [1.29, 1.82) is 0 Å². The Balaban J connectivity index is 2.38. The molecule has 1 heterocycles. The summed E-state index contributed by atoms with van der Waals surface area (Å²) in [5.41, 5.74) is 7.04. The van der Waals surface area contributed by atoms with E-state index in [-0.39, 0.29) is 12.1 Å². The first-order valence-electron chi connectivity index (χ1n) is 4.43. The minimum atomic E-state index is -0.110. The van der Waals surface area contributed by atoms with Crippen molar-refractivity contribution in [2.75, 3.05) is 13.7 Å². The van der Waals surface area contributed by atoms with E-state index in [1.165, 1.54) is 0 Å². The maximum Gasteiger partial charge on any atom is 0.124 e. The summed E-state index contributed by atoms with van der Waals surface area (Å²) in [6, 6.07) is 5.73. The van der Waals surface area contributed by atoms with Crippen molar-refractivity contribution in [3.8, 4) is 5.75 Å². The van der Waals surface area contributed by atoms with Crippen molar-refractivity contribution in [1.82, 2.24) is 0 Å². The summed E-state index contributed by atoms with van der Waals surface area (Å²) in [6.45, 7) is 0.520. The molecule has 1 aliphatic heterocycles. The predicted molar refractivity (Wildman–Crippen MR) is 57.4 cm³/mol. The molecule has 3 nitrogen and oxygen atoms in total. The average Bonchev–Trinajstić information content (AvgIpc) is 2.20. The lowest BCUT2D eigenvalue weighted by molar-refractivity contribution is 0.0260. The summed E-state index contributed by atoms with van der Waals surface area (Å²) < 4.78 is 11.8. The van der Waals surface area contributed by atoms with Crippen LogP contribution in [0.4, 0.5) is 0 Å². The molecule has 76 valence electrons. The Morgan fingerprint density at radius 3 is 3.07 bits per heavy atom. The van der Waals surface area contributed by atoms with Crippen LogP contribution in [0.15, 0.2) is 22.7 Å². The Hall–Kier alpha value is -0.580. The van der Waals surface area contributed by atoms with Gasteiger partial charge in [0.25, 0.3) is 0 Å². The zero-order valence-electron chi connectivity index (χ0n) is 7.87. The molecule has 0 bridgehead atoms. The lowest BCUT2D eigenvalue weighted by Gasteiger charge is -2.30. The summed E-state index contributed by atoms with van der Waals surface area (Å²) >= 11 is 3.41. The number of nitrogens with two attached hydrogens (primary N) is 1. The molecule has 0 saturated heterocycles. The number of halogens is 1. The molecule has 0 fully saturated rings. The first-order valence-corrected chi connectivity index (χ1v) is 5.22. The van der Waals surface area contributed by atoms with Gasteiger partial charge in [0, 0.05) is 17.1 Å². The Morgan fingerprint density at radius 2 is 2.36 bits per heavy atom. The third-order valence-electron chi connectivity index (χ3n) is 2.44. The van der Waals surface area contributed by atoms with E-state index in [0.29, 0.717) is 6.61 Å². The van der Waals surface area contributed by atoms with E-state index < -0.39 is 0 Å². The lowest BCUT2D eigenvalue weighted by Crippen LogP contribution is -2.37. The molecule has 0 amide bonds. The Labute approximate surface area is 91.3 Å². The topological polar surface area (TPSA) is 44.5 Å². The summed E-state index contributed by atoms with van der Waals surface area (Å²) in [5.74, 6) is 0.856. The first kappa shape index (κ1) is 9.96. The number of benzene rings is 1. The maximum atomic E-state index is 6.04. The fourth-order valence-electron chi connectivity index (χ4n) is 1.60. The highest BCUT2D eigenvalue weighted by molar-refractivity contribution is 9.10. The van der Waals surface area contributed by atoms with E-state index in [0.717, 1.165) is 15.8 Å². The number of ether oxygens (including phenoxy) is 2. The normalized spacial score (nSPS) is 25.4. The van der Waals surface area contributed by atoms with E-state index in [1.807, 2.05) is 18.2 Å². The molecule has 0 aromatic heterocycles. The second kappa shape index (κ2) is 3.88. The highest BCUT2D eigenvalue weighted by atomic mass is 79.9. The van der Waals surface area contributed by atoms with E-state index in [2.05, 4.69) is 15.9 Å². The lowest BCUT2D eigenvalue weighted by atomic mass is 9.99. The third kappa shape index (κ3) is 1.65. The number of hydrogen-bond acceptors (Lipinski definition) is 3. The van der Waals surface area contributed by atoms with E-state index >= 15 is 0 Å². The SMILES string of the molecule is COC1COc2ccc(Br)cc2C1N. The smallest absolute Gasteiger partial charge is 0.124 e. The fourth-order valence-corrected chi connectivity index (χ4v) is 1.98. The Morgan fingerprint density at radius 1 is 1.57 bits per heavy atom. The molecule has 0 spiro atoms. The van der Waals surface area contributed by atoms with Crippen LogP contribution in [-0.4, -0.2) is 19.8 Å². The number of fused-ring (bicyclic) bond motifs is 1. The van der Waals surface area contributed by atoms with Gasteiger partial charge in [-0.3, -0.25) is 0 Å². The second-order valence-corrected chi connectivity index (χ2v) is 4.21. The molecule has 1 aliphatic rings. The van der Waals surface area contributed by atoms with Crippen LogP contribution in [0.2, 0.25) is 0 Å². The molecular weight excluding hydrogens is 246 g/mol. The molecule has 0 radical (unpaired) electrons.